The molecule has 1 amide bonds. The number of nitrogens with one attached hydrogen (secondary N) is 1. The van der Waals surface area contributed by atoms with Gasteiger partial charge >= 0.3 is 0 Å². The number of fused-ring (bicyclic) bond motifs is 1. The summed E-state index contributed by atoms with van der Waals surface area (Å²) in [7, 11) is 0. The summed E-state index contributed by atoms with van der Waals surface area (Å²) in [5.41, 5.74) is 1.05. The summed E-state index contributed by atoms with van der Waals surface area (Å²) in [5, 5.41) is 20.1. The van der Waals surface area contributed by atoms with Crippen LogP contribution in [0.25, 0.3) is 10.8 Å². The van der Waals surface area contributed by atoms with Crippen molar-refractivity contribution in [1.29, 1.82) is 0 Å². The SMILES string of the molecule is O=C(COc1ccc([N+](=O)[O-])cc1)Nc1ccnn1Cc1cccc2ccccc12. The smallest absolute Gasteiger partial charge is 0.269 e. The Kier molecular flexibility index (Phi) is 5.38. The molecule has 0 unspecified atom stereocenters. The molecule has 0 aliphatic carbocycles. The fourth-order valence-corrected chi connectivity index (χ4v) is 3.15. The third-order valence-corrected chi connectivity index (χ3v) is 4.60. The second-order valence-corrected chi connectivity index (χ2v) is 6.60. The lowest BCUT2D eigenvalue weighted by Crippen LogP contribution is -2.22. The van der Waals surface area contributed by atoms with Crippen molar-refractivity contribution >= 4 is 28.2 Å². The van der Waals surface area contributed by atoms with E-state index in [1.54, 1.807) is 16.9 Å². The molecule has 4 aromatic rings. The van der Waals surface area contributed by atoms with Crippen LogP contribution in [0.5, 0.6) is 5.75 Å². The number of carbonyl (C=O) groups is 1. The number of anilines is 1. The maximum atomic E-state index is 12.3. The van der Waals surface area contributed by atoms with Crippen LogP contribution in [-0.2, 0) is 11.3 Å². The van der Waals surface area contributed by atoms with Crippen molar-refractivity contribution < 1.29 is 14.5 Å². The highest BCUT2D eigenvalue weighted by atomic mass is 16.6. The number of ether oxygens (including phenoxy) is 1. The standard InChI is InChI=1S/C22H18N4O4/c27-22(15-30-19-10-8-18(9-11-19)26(28)29)24-21-12-13-23-25(21)14-17-6-3-5-16-4-1-2-7-20(16)17/h1-13H,14-15H2,(H,24,27). The Morgan fingerprint density at radius 3 is 2.60 bits per heavy atom. The molecule has 1 N–H and O–H groups in total. The quantitative estimate of drug-likeness (QED) is 0.372. The summed E-state index contributed by atoms with van der Waals surface area (Å²) in [6.45, 7) is 0.282. The number of aromatic nitrogens is 2. The third-order valence-electron chi connectivity index (χ3n) is 4.60. The van der Waals surface area contributed by atoms with Crippen molar-refractivity contribution in [3.05, 3.63) is 94.7 Å². The highest BCUT2D eigenvalue weighted by Gasteiger charge is 2.11. The average Bonchev–Trinajstić information content (AvgIpc) is 3.19. The Balaban J connectivity index is 1.40. The Morgan fingerprint density at radius 1 is 1.03 bits per heavy atom. The Bertz CT molecular complexity index is 1200. The van der Waals surface area contributed by atoms with E-state index in [9.17, 15) is 14.9 Å². The number of nitrogens with zero attached hydrogens (tertiary/aromatic N) is 3. The zero-order chi connectivity index (χ0) is 20.9. The Hall–Kier alpha value is -4.20. The van der Waals surface area contributed by atoms with Crippen LogP contribution in [0.1, 0.15) is 5.56 Å². The van der Waals surface area contributed by atoms with Crippen molar-refractivity contribution in [3.8, 4) is 5.75 Å². The molecule has 0 radical (unpaired) electrons. The first-order valence-electron chi connectivity index (χ1n) is 9.26. The van der Waals surface area contributed by atoms with Gasteiger partial charge in [-0.15, -0.1) is 0 Å². The summed E-state index contributed by atoms with van der Waals surface area (Å²) in [5.74, 6) is 0.577. The van der Waals surface area contributed by atoms with E-state index in [2.05, 4.69) is 28.6 Å². The lowest BCUT2D eigenvalue weighted by Gasteiger charge is -2.11. The maximum absolute atomic E-state index is 12.3. The van der Waals surface area contributed by atoms with Crippen LogP contribution in [0.15, 0.2) is 79.0 Å². The molecular formula is C22H18N4O4. The first-order valence-corrected chi connectivity index (χ1v) is 9.26. The van der Waals surface area contributed by atoms with Crippen LogP contribution in [0.4, 0.5) is 11.5 Å². The molecule has 0 spiro atoms. The molecule has 1 aromatic heterocycles. The highest BCUT2D eigenvalue weighted by Crippen LogP contribution is 2.21. The van der Waals surface area contributed by atoms with Crippen LogP contribution in [0.2, 0.25) is 0 Å². The molecule has 0 aliphatic heterocycles. The summed E-state index contributed by atoms with van der Waals surface area (Å²) in [4.78, 5) is 22.5. The van der Waals surface area contributed by atoms with E-state index >= 15 is 0 Å². The van der Waals surface area contributed by atoms with Gasteiger partial charge in [-0.3, -0.25) is 14.9 Å². The highest BCUT2D eigenvalue weighted by molar-refractivity contribution is 5.91. The van der Waals surface area contributed by atoms with Crippen molar-refractivity contribution in [3.63, 3.8) is 0 Å². The van der Waals surface area contributed by atoms with Gasteiger partial charge in [-0.25, -0.2) is 4.68 Å². The number of nitro benzene ring substituents is 1. The molecule has 1 heterocycles. The van der Waals surface area contributed by atoms with Crippen LogP contribution in [-0.4, -0.2) is 27.2 Å². The van der Waals surface area contributed by atoms with Gasteiger partial charge in [-0.1, -0.05) is 42.5 Å². The zero-order valence-electron chi connectivity index (χ0n) is 15.9. The molecule has 0 atom stereocenters. The number of nitro groups is 1. The van der Waals surface area contributed by atoms with E-state index in [4.69, 9.17) is 4.74 Å². The molecule has 0 saturated carbocycles. The van der Waals surface area contributed by atoms with Gasteiger partial charge in [-0.2, -0.15) is 5.10 Å². The van der Waals surface area contributed by atoms with E-state index < -0.39 is 4.92 Å². The van der Waals surface area contributed by atoms with Gasteiger partial charge in [-0.05, 0) is 28.5 Å². The van der Waals surface area contributed by atoms with Gasteiger partial charge in [0.2, 0.25) is 0 Å². The molecule has 0 aliphatic rings. The molecule has 8 heteroatoms. The van der Waals surface area contributed by atoms with Gasteiger partial charge in [0.1, 0.15) is 11.6 Å². The largest absolute Gasteiger partial charge is 0.484 e. The number of non-ortho nitro benzene ring substituents is 1. The predicted octanol–water partition coefficient (Wildman–Crippen LogP) is 4.01. The molecule has 150 valence electrons. The molecular weight excluding hydrogens is 384 g/mol. The molecule has 0 fully saturated rings. The fourth-order valence-electron chi connectivity index (χ4n) is 3.15. The molecule has 30 heavy (non-hydrogen) atoms. The number of amides is 1. The van der Waals surface area contributed by atoms with Crippen molar-refractivity contribution in [2.24, 2.45) is 0 Å². The molecule has 3 aromatic carbocycles. The van der Waals surface area contributed by atoms with E-state index in [0.717, 1.165) is 16.3 Å². The normalized spacial score (nSPS) is 10.7. The third kappa shape index (κ3) is 4.27. The number of hydrogen-bond donors (Lipinski definition) is 1. The lowest BCUT2D eigenvalue weighted by molar-refractivity contribution is -0.384. The summed E-state index contributed by atoms with van der Waals surface area (Å²) in [6.07, 6.45) is 1.62. The van der Waals surface area contributed by atoms with Crippen LogP contribution >= 0.6 is 0 Å². The van der Waals surface area contributed by atoms with Crippen LogP contribution < -0.4 is 10.1 Å². The summed E-state index contributed by atoms with van der Waals surface area (Å²) in [6, 6.07) is 21.5. The minimum absolute atomic E-state index is 0.0378. The monoisotopic (exact) mass is 402 g/mol. The minimum atomic E-state index is -0.492. The minimum Gasteiger partial charge on any atom is -0.484 e. The predicted molar refractivity (Wildman–Crippen MR) is 112 cm³/mol. The zero-order valence-corrected chi connectivity index (χ0v) is 15.9. The Labute approximate surface area is 171 Å². The molecule has 8 nitrogen and oxygen atoms in total. The summed E-state index contributed by atoms with van der Waals surface area (Å²) < 4.78 is 7.12. The van der Waals surface area contributed by atoms with Gasteiger partial charge in [0.05, 0.1) is 17.7 Å². The van der Waals surface area contributed by atoms with Crippen LogP contribution in [0, 0.1) is 10.1 Å². The maximum Gasteiger partial charge on any atom is 0.269 e. The van der Waals surface area contributed by atoms with Gasteiger partial charge in [0.15, 0.2) is 6.61 Å². The topological polar surface area (TPSA) is 99.3 Å². The van der Waals surface area contributed by atoms with Crippen molar-refractivity contribution in [2.75, 3.05) is 11.9 Å². The molecule has 4 rings (SSSR count). The first kappa shape index (κ1) is 19.1. The van der Waals surface area contributed by atoms with Gasteiger partial charge in [0, 0.05) is 18.2 Å². The number of hydrogen-bond acceptors (Lipinski definition) is 5. The number of benzene rings is 3. The number of rotatable bonds is 7. The van der Waals surface area contributed by atoms with E-state index in [-0.39, 0.29) is 18.2 Å². The average molecular weight is 402 g/mol. The van der Waals surface area contributed by atoms with Crippen molar-refractivity contribution in [1.82, 2.24) is 9.78 Å². The lowest BCUT2D eigenvalue weighted by atomic mass is 10.0. The molecule has 0 bridgehead atoms. The van der Waals surface area contributed by atoms with Crippen LogP contribution in [0.3, 0.4) is 0 Å². The van der Waals surface area contributed by atoms with E-state index in [1.807, 2.05) is 24.3 Å². The second kappa shape index (κ2) is 8.44. The summed E-state index contributed by atoms with van der Waals surface area (Å²) >= 11 is 0. The van der Waals surface area contributed by atoms with E-state index in [1.165, 1.54) is 24.3 Å². The first-order chi connectivity index (χ1) is 14.6. The Morgan fingerprint density at radius 2 is 1.80 bits per heavy atom. The second-order valence-electron chi connectivity index (χ2n) is 6.60. The fraction of sp³-hybridized carbons (Fsp3) is 0.0909. The van der Waals surface area contributed by atoms with Gasteiger partial charge in [0.25, 0.3) is 11.6 Å². The number of carbonyl (C=O) groups excluding carboxylic acids is 1. The molecule has 0 saturated heterocycles. The van der Waals surface area contributed by atoms with Crippen molar-refractivity contribution in [2.45, 2.75) is 6.54 Å². The van der Waals surface area contributed by atoms with Gasteiger partial charge < -0.3 is 10.1 Å². The van der Waals surface area contributed by atoms with E-state index in [0.29, 0.717) is 18.1 Å².